The first-order valence-corrected chi connectivity index (χ1v) is 13.5. The summed E-state index contributed by atoms with van der Waals surface area (Å²) in [5, 5.41) is 8.84. The van der Waals surface area contributed by atoms with Gasteiger partial charge < -0.3 is 30.2 Å². The Hall–Kier alpha value is -4.27. The number of aromatic nitrogens is 1. The van der Waals surface area contributed by atoms with Crippen LogP contribution in [0, 0.1) is 5.92 Å². The van der Waals surface area contributed by atoms with Gasteiger partial charge in [0.05, 0.1) is 18.5 Å². The summed E-state index contributed by atoms with van der Waals surface area (Å²) in [6.45, 7) is 6.12. The van der Waals surface area contributed by atoms with Gasteiger partial charge in [-0.2, -0.15) is 0 Å². The summed E-state index contributed by atoms with van der Waals surface area (Å²) in [4.78, 5) is 40.8. The number of carbonyl (C=O) groups excluding carboxylic acids is 2. The molecule has 0 radical (unpaired) electrons. The third-order valence-electron chi connectivity index (χ3n) is 7.64. The van der Waals surface area contributed by atoms with Crippen molar-refractivity contribution in [2.45, 2.75) is 45.2 Å². The van der Waals surface area contributed by atoms with Crippen LogP contribution in [0.5, 0.6) is 5.75 Å². The van der Waals surface area contributed by atoms with Gasteiger partial charge in [0.1, 0.15) is 5.75 Å². The number of rotatable bonds is 7. The van der Waals surface area contributed by atoms with Gasteiger partial charge in [0.25, 0.3) is 11.5 Å². The molecule has 0 spiro atoms. The van der Waals surface area contributed by atoms with E-state index in [1.165, 1.54) is 0 Å². The second kappa shape index (κ2) is 11.2. The van der Waals surface area contributed by atoms with Crippen molar-refractivity contribution in [1.82, 2.24) is 9.88 Å². The van der Waals surface area contributed by atoms with Crippen LogP contribution in [0.25, 0.3) is 0 Å². The maximum atomic E-state index is 13.1. The zero-order valence-electron chi connectivity index (χ0n) is 22.6. The number of benzene rings is 2. The fourth-order valence-electron chi connectivity index (χ4n) is 5.54. The predicted molar refractivity (Wildman–Crippen MR) is 153 cm³/mol. The van der Waals surface area contributed by atoms with Crippen LogP contribution in [0.3, 0.4) is 0 Å². The minimum Gasteiger partial charge on any atom is -0.497 e. The molecule has 3 amide bonds. The number of ether oxygens (including phenoxy) is 1. The Morgan fingerprint density at radius 3 is 2.64 bits per heavy atom. The summed E-state index contributed by atoms with van der Waals surface area (Å²) >= 11 is 0. The molecule has 9 nitrogen and oxygen atoms in total. The second-order valence-electron chi connectivity index (χ2n) is 10.4. The number of fused-ring (bicyclic) bond motifs is 4. The Kier molecular flexibility index (Phi) is 7.58. The maximum absolute atomic E-state index is 13.1. The van der Waals surface area contributed by atoms with Crippen molar-refractivity contribution >= 4 is 29.0 Å². The van der Waals surface area contributed by atoms with E-state index >= 15 is 0 Å². The zero-order valence-corrected chi connectivity index (χ0v) is 22.6. The number of hydrogen-bond acceptors (Lipinski definition) is 5. The summed E-state index contributed by atoms with van der Waals surface area (Å²) < 4.78 is 7.16. The molecule has 3 atom stereocenters. The third-order valence-corrected chi connectivity index (χ3v) is 7.64. The number of carbonyl (C=O) groups is 2. The van der Waals surface area contributed by atoms with Gasteiger partial charge in [-0.1, -0.05) is 19.1 Å². The number of hydrogen-bond donors (Lipinski definition) is 3. The average Bonchev–Trinajstić information content (AvgIpc) is 2.93. The van der Waals surface area contributed by atoms with Crippen molar-refractivity contribution in [2.75, 3.05) is 35.7 Å². The molecule has 1 aromatic heterocycles. The normalized spacial score (nSPS) is 18.5. The smallest absolute Gasteiger partial charge is 0.323 e. The minimum atomic E-state index is -0.418. The topological polar surface area (TPSA) is 105 Å². The Morgan fingerprint density at radius 1 is 1.03 bits per heavy atom. The number of piperidine rings is 1. The number of anilines is 3. The molecule has 2 aromatic carbocycles. The monoisotopic (exact) mass is 529 g/mol. The number of pyridine rings is 1. The summed E-state index contributed by atoms with van der Waals surface area (Å²) in [5.74, 6) is 0.967. The van der Waals surface area contributed by atoms with Crippen molar-refractivity contribution in [3.05, 3.63) is 82.3 Å². The van der Waals surface area contributed by atoms with Gasteiger partial charge in [-0.25, -0.2) is 4.79 Å². The highest BCUT2D eigenvalue weighted by atomic mass is 16.5. The van der Waals surface area contributed by atoms with Crippen molar-refractivity contribution in [1.29, 1.82) is 0 Å². The number of amides is 3. The van der Waals surface area contributed by atoms with Gasteiger partial charge in [-0.05, 0) is 62.1 Å². The number of nitrogens with zero attached hydrogens (tertiary/aromatic N) is 2. The predicted octanol–water partition coefficient (Wildman–Crippen LogP) is 4.65. The Labute approximate surface area is 228 Å². The van der Waals surface area contributed by atoms with Crippen LogP contribution in [-0.2, 0) is 6.54 Å². The molecule has 0 aliphatic carbocycles. The van der Waals surface area contributed by atoms with Crippen molar-refractivity contribution in [2.24, 2.45) is 5.92 Å². The van der Waals surface area contributed by atoms with E-state index in [0.717, 1.165) is 30.8 Å². The van der Waals surface area contributed by atoms with E-state index in [9.17, 15) is 14.4 Å². The Morgan fingerprint density at radius 2 is 1.85 bits per heavy atom. The molecule has 3 unspecified atom stereocenters. The van der Waals surface area contributed by atoms with E-state index in [-0.39, 0.29) is 23.4 Å². The van der Waals surface area contributed by atoms with Gasteiger partial charge in [-0.15, -0.1) is 0 Å². The Balaban J connectivity index is 1.43. The Bertz CT molecular complexity index is 1430. The molecule has 5 rings (SSSR count). The van der Waals surface area contributed by atoms with Crippen molar-refractivity contribution in [3.63, 3.8) is 0 Å². The fraction of sp³-hybridized carbons (Fsp3) is 0.367. The molecule has 2 aliphatic heterocycles. The summed E-state index contributed by atoms with van der Waals surface area (Å²) in [6.07, 6.45) is 1.84. The van der Waals surface area contributed by atoms with Gasteiger partial charge in [-0.3, -0.25) is 9.59 Å². The highest BCUT2D eigenvalue weighted by molar-refractivity contribution is 6.04. The zero-order chi connectivity index (χ0) is 27.5. The molecule has 1 saturated heterocycles. The van der Waals surface area contributed by atoms with Gasteiger partial charge in [0, 0.05) is 60.7 Å². The number of nitrogens with one attached hydrogen (secondary N) is 3. The molecule has 0 saturated carbocycles. The molecule has 9 heteroatoms. The summed E-state index contributed by atoms with van der Waals surface area (Å²) in [7, 11) is 1.57. The molecule has 1 fully saturated rings. The largest absolute Gasteiger partial charge is 0.497 e. The molecule has 3 N–H and O–H groups in total. The van der Waals surface area contributed by atoms with E-state index in [2.05, 4.69) is 20.9 Å². The van der Waals surface area contributed by atoms with Crippen LogP contribution in [0.4, 0.5) is 21.9 Å². The van der Waals surface area contributed by atoms with Gasteiger partial charge in [0.15, 0.2) is 0 Å². The average molecular weight is 530 g/mol. The lowest BCUT2D eigenvalue weighted by Crippen LogP contribution is -2.47. The standard InChI is InChI=1S/C30H35N5O4/c1-4-19(2)31-29(37)21-11-12-27(25(14-21)33-30(38)32-23-7-5-8-24(15-23)39-3)34-16-20-13-22(18-34)26-9-6-10-28(36)35(26)17-20/h5-12,14-15,19-20,22H,4,13,16-18H2,1-3H3,(H,31,37)(H2,32,33,38). The first kappa shape index (κ1) is 26.3. The van der Waals surface area contributed by atoms with Crippen molar-refractivity contribution < 1.29 is 14.3 Å². The minimum absolute atomic E-state index is 0.0369. The number of urea groups is 1. The third kappa shape index (κ3) is 5.77. The van der Waals surface area contributed by atoms with Crippen LogP contribution in [0.1, 0.15) is 48.7 Å². The number of methoxy groups -OCH3 is 1. The quantitative estimate of drug-likeness (QED) is 0.413. The molecule has 39 heavy (non-hydrogen) atoms. The van der Waals surface area contributed by atoms with E-state index < -0.39 is 6.03 Å². The molecule has 204 valence electrons. The van der Waals surface area contributed by atoms with E-state index in [4.69, 9.17) is 4.74 Å². The lowest BCUT2D eigenvalue weighted by molar-refractivity contribution is 0.0939. The summed E-state index contributed by atoms with van der Waals surface area (Å²) in [5.41, 5.74) is 3.57. The van der Waals surface area contributed by atoms with Gasteiger partial charge >= 0.3 is 6.03 Å². The molecular weight excluding hydrogens is 494 g/mol. The van der Waals surface area contributed by atoms with Crippen LogP contribution in [0.2, 0.25) is 0 Å². The fourth-order valence-corrected chi connectivity index (χ4v) is 5.54. The lowest BCUT2D eigenvalue weighted by atomic mass is 9.83. The van der Waals surface area contributed by atoms with E-state index in [1.807, 2.05) is 36.6 Å². The molecular formula is C30H35N5O4. The lowest BCUT2D eigenvalue weighted by Gasteiger charge is -2.44. The van der Waals surface area contributed by atoms with Crippen LogP contribution < -0.4 is 31.1 Å². The van der Waals surface area contributed by atoms with Gasteiger partial charge in [0.2, 0.25) is 0 Å². The molecule has 2 aliphatic rings. The highest BCUT2D eigenvalue weighted by Gasteiger charge is 2.35. The SMILES string of the molecule is CCC(C)NC(=O)c1ccc(N2CC3CC(C2)c2cccc(=O)n2C3)c(NC(=O)Nc2cccc(OC)c2)c1. The maximum Gasteiger partial charge on any atom is 0.323 e. The van der Waals surface area contributed by atoms with Crippen LogP contribution in [-0.4, -0.2) is 42.7 Å². The van der Waals surface area contributed by atoms with E-state index in [0.29, 0.717) is 41.7 Å². The first-order valence-electron chi connectivity index (χ1n) is 13.5. The van der Waals surface area contributed by atoms with Crippen LogP contribution in [0.15, 0.2) is 65.5 Å². The van der Waals surface area contributed by atoms with Crippen LogP contribution >= 0.6 is 0 Å². The molecule has 2 bridgehead atoms. The van der Waals surface area contributed by atoms with Crippen molar-refractivity contribution in [3.8, 4) is 5.75 Å². The first-order chi connectivity index (χ1) is 18.8. The summed E-state index contributed by atoms with van der Waals surface area (Å²) in [6, 6.07) is 17.7. The second-order valence-corrected chi connectivity index (χ2v) is 10.4. The molecule has 3 aromatic rings. The molecule has 3 heterocycles. The highest BCUT2D eigenvalue weighted by Crippen LogP contribution is 2.39. The van der Waals surface area contributed by atoms with E-state index in [1.54, 1.807) is 49.6 Å².